The third kappa shape index (κ3) is 6.62. The highest BCUT2D eigenvalue weighted by Crippen LogP contribution is 2.41. The lowest BCUT2D eigenvalue weighted by atomic mass is 10.0. The van der Waals surface area contributed by atoms with E-state index in [1.54, 1.807) is 37.3 Å². The van der Waals surface area contributed by atoms with Crippen LogP contribution >= 0.6 is 15.9 Å². The zero-order valence-electron chi connectivity index (χ0n) is 25.4. The molecule has 0 saturated carbocycles. The standard InChI is InChI=1S/C28H36BrFN6O5SSi/c1-18-12-13-23(41-18)25-33-34-27(36(25)24-21(39-4)10-9-11-22(24)40-5)35(14-15-43(6,7)8)42(37,38)19(2)28(3,30)26-31-16-20(29)17-32-26/h9-13,16-17,19H,14-15H2,1-8H3/t19-,28?/m1/s1. The van der Waals surface area contributed by atoms with Gasteiger partial charge in [0.15, 0.2) is 17.3 Å². The maximum atomic E-state index is 16.5. The fourth-order valence-electron chi connectivity index (χ4n) is 4.40. The summed E-state index contributed by atoms with van der Waals surface area (Å²) < 4.78 is 66.0. The van der Waals surface area contributed by atoms with E-state index in [1.807, 2.05) is 0 Å². The van der Waals surface area contributed by atoms with Gasteiger partial charge in [-0.15, -0.1) is 10.2 Å². The van der Waals surface area contributed by atoms with Crippen LogP contribution in [0.5, 0.6) is 11.5 Å². The number of anilines is 1. The molecule has 43 heavy (non-hydrogen) atoms. The van der Waals surface area contributed by atoms with E-state index in [2.05, 4.69) is 55.7 Å². The summed E-state index contributed by atoms with van der Waals surface area (Å²) >= 11 is 3.24. The van der Waals surface area contributed by atoms with Crippen molar-refractivity contribution in [3.05, 3.63) is 58.8 Å². The number of alkyl halides is 1. The molecule has 232 valence electrons. The van der Waals surface area contributed by atoms with Gasteiger partial charge < -0.3 is 13.9 Å². The molecule has 4 aromatic rings. The molecule has 3 aromatic heterocycles. The molecule has 15 heteroatoms. The summed E-state index contributed by atoms with van der Waals surface area (Å²) in [7, 11) is -3.31. The molecule has 1 aromatic carbocycles. The fraction of sp³-hybridized carbons (Fsp3) is 0.429. The number of benzene rings is 1. The highest BCUT2D eigenvalue weighted by atomic mass is 79.9. The molecule has 0 amide bonds. The Morgan fingerprint density at radius 2 is 1.70 bits per heavy atom. The Labute approximate surface area is 260 Å². The smallest absolute Gasteiger partial charge is 0.246 e. The second-order valence-corrected chi connectivity index (χ2v) is 20.2. The van der Waals surface area contributed by atoms with Crippen LogP contribution < -0.4 is 13.8 Å². The van der Waals surface area contributed by atoms with Crippen LogP contribution in [0.2, 0.25) is 25.7 Å². The Bertz CT molecular complexity index is 1670. The van der Waals surface area contributed by atoms with E-state index in [0.29, 0.717) is 39.2 Å². The summed E-state index contributed by atoms with van der Waals surface area (Å²) in [5.74, 6) is 1.61. The van der Waals surface area contributed by atoms with Gasteiger partial charge in [-0.1, -0.05) is 25.7 Å². The van der Waals surface area contributed by atoms with Crippen molar-refractivity contribution in [2.24, 2.45) is 0 Å². The van der Waals surface area contributed by atoms with Gasteiger partial charge in [-0.25, -0.2) is 27.1 Å². The predicted molar refractivity (Wildman–Crippen MR) is 169 cm³/mol. The van der Waals surface area contributed by atoms with Gasteiger partial charge in [0, 0.05) is 27.0 Å². The van der Waals surface area contributed by atoms with E-state index in [0.717, 1.165) is 4.31 Å². The topological polar surface area (TPSA) is 125 Å². The SMILES string of the molecule is COc1cccc(OC)c1-n1c(-c2ccc(C)o2)nnc1N(CC[Si](C)(C)C)S(=O)(=O)[C@H](C)C(C)(F)c1ncc(Br)cn1. The fourth-order valence-corrected chi connectivity index (χ4v) is 7.40. The highest BCUT2D eigenvalue weighted by molar-refractivity contribution is 9.10. The van der Waals surface area contributed by atoms with Gasteiger partial charge in [0.25, 0.3) is 0 Å². The van der Waals surface area contributed by atoms with Crippen molar-refractivity contribution in [3.63, 3.8) is 0 Å². The summed E-state index contributed by atoms with van der Waals surface area (Å²) in [4.78, 5) is 8.14. The quantitative estimate of drug-likeness (QED) is 0.160. The van der Waals surface area contributed by atoms with E-state index in [4.69, 9.17) is 13.9 Å². The normalized spacial score (nSPS) is 14.3. The molecule has 0 saturated heterocycles. The van der Waals surface area contributed by atoms with Crippen molar-refractivity contribution in [2.45, 2.75) is 57.4 Å². The molecule has 2 atom stereocenters. The maximum absolute atomic E-state index is 16.5. The van der Waals surface area contributed by atoms with Crippen molar-refractivity contribution in [2.75, 3.05) is 25.1 Å². The van der Waals surface area contributed by atoms with Crippen molar-refractivity contribution < 1.29 is 26.7 Å². The zero-order valence-corrected chi connectivity index (χ0v) is 28.8. The van der Waals surface area contributed by atoms with Gasteiger partial charge >= 0.3 is 0 Å². The van der Waals surface area contributed by atoms with E-state index in [9.17, 15) is 8.42 Å². The molecular formula is C28H36BrFN6O5SSi. The predicted octanol–water partition coefficient (Wildman–Crippen LogP) is 6.15. The second-order valence-electron chi connectivity index (χ2n) is 11.5. The number of hydrogen-bond donors (Lipinski definition) is 0. The van der Waals surface area contributed by atoms with Crippen LogP contribution in [0.4, 0.5) is 10.3 Å². The molecule has 0 N–H and O–H groups in total. The van der Waals surface area contributed by atoms with Crippen LogP contribution in [0.15, 0.2) is 51.6 Å². The van der Waals surface area contributed by atoms with Crippen molar-refractivity contribution in [3.8, 4) is 28.8 Å². The number of methoxy groups -OCH3 is 2. The number of halogens is 2. The van der Waals surface area contributed by atoms with Crippen molar-refractivity contribution in [1.29, 1.82) is 0 Å². The first-order chi connectivity index (χ1) is 20.1. The van der Waals surface area contributed by atoms with E-state index in [1.165, 1.54) is 45.0 Å². The highest BCUT2D eigenvalue weighted by Gasteiger charge is 2.48. The molecule has 0 fully saturated rings. The molecule has 0 radical (unpaired) electrons. The van der Waals surface area contributed by atoms with Crippen LogP contribution in [0.1, 0.15) is 25.4 Å². The minimum Gasteiger partial charge on any atom is -0.494 e. The molecule has 0 spiro atoms. The average Bonchev–Trinajstić information content (AvgIpc) is 3.57. The van der Waals surface area contributed by atoms with Crippen LogP contribution in [0.3, 0.4) is 0 Å². The molecule has 0 bridgehead atoms. The number of aromatic nitrogens is 5. The van der Waals surface area contributed by atoms with Crippen LogP contribution in [0.25, 0.3) is 17.3 Å². The van der Waals surface area contributed by atoms with Crippen LogP contribution in [-0.4, -0.2) is 67.2 Å². The summed E-state index contributed by atoms with van der Waals surface area (Å²) in [6.07, 6.45) is 2.76. The Hall–Kier alpha value is -3.30. The van der Waals surface area contributed by atoms with Gasteiger partial charge in [-0.05, 0) is 67.0 Å². The Morgan fingerprint density at radius 3 is 2.21 bits per heavy atom. The third-order valence-corrected chi connectivity index (χ3v) is 11.5. The Morgan fingerprint density at radius 1 is 1.09 bits per heavy atom. The minimum atomic E-state index is -4.47. The van der Waals surface area contributed by atoms with Gasteiger partial charge in [0.1, 0.15) is 28.2 Å². The maximum Gasteiger partial charge on any atom is 0.246 e. The summed E-state index contributed by atoms with van der Waals surface area (Å²) in [6.45, 7) is 10.7. The van der Waals surface area contributed by atoms with E-state index >= 15 is 4.39 Å². The monoisotopic (exact) mass is 694 g/mol. The van der Waals surface area contributed by atoms with Crippen LogP contribution in [-0.2, 0) is 15.7 Å². The number of para-hydroxylation sites is 1. The largest absolute Gasteiger partial charge is 0.494 e. The molecule has 0 aliphatic heterocycles. The first-order valence-electron chi connectivity index (χ1n) is 13.5. The number of sulfonamides is 1. The van der Waals surface area contributed by atoms with Gasteiger partial charge in [-0.2, -0.15) is 0 Å². The van der Waals surface area contributed by atoms with E-state index < -0.39 is 29.0 Å². The average molecular weight is 696 g/mol. The lowest BCUT2D eigenvalue weighted by molar-refractivity contribution is 0.174. The van der Waals surface area contributed by atoms with E-state index in [-0.39, 0.29) is 24.1 Å². The number of aryl methyl sites for hydroxylation is 1. The first kappa shape index (κ1) is 32.6. The molecule has 0 aliphatic carbocycles. The zero-order chi connectivity index (χ0) is 31.7. The van der Waals surface area contributed by atoms with Gasteiger partial charge in [0.05, 0.1) is 18.7 Å². The molecule has 4 rings (SSSR count). The molecular weight excluding hydrogens is 659 g/mol. The lowest BCUT2D eigenvalue weighted by Gasteiger charge is -2.33. The number of rotatable bonds is 12. The molecule has 11 nitrogen and oxygen atoms in total. The van der Waals surface area contributed by atoms with Gasteiger partial charge in [0.2, 0.25) is 21.8 Å². The number of hydrogen-bond acceptors (Lipinski definition) is 9. The van der Waals surface area contributed by atoms with Crippen molar-refractivity contribution in [1.82, 2.24) is 24.7 Å². The number of nitrogens with zero attached hydrogens (tertiary/aromatic N) is 6. The van der Waals surface area contributed by atoms with Gasteiger partial charge in [-0.3, -0.25) is 4.57 Å². The van der Waals surface area contributed by atoms with Crippen LogP contribution in [0, 0.1) is 6.92 Å². The minimum absolute atomic E-state index is 0.0342. The third-order valence-electron chi connectivity index (χ3n) is 7.10. The summed E-state index contributed by atoms with van der Waals surface area (Å²) in [6, 6.07) is 9.21. The number of ether oxygens (including phenoxy) is 2. The Kier molecular flexibility index (Phi) is 9.37. The molecule has 3 heterocycles. The summed E-state index contributed by atoms with van der Waals surface area (Å²) in [5.41, 5.74) is -2.10. The lowest BCUT2D eigenvalue weighted by Crippen LogP contribution is -2.48. The molecule has 0 aliphatic rings. The second kappa shape index (κ2) is 12.4. The Balaban J connectivity index is 1.99. The number of furan rings is 1. The first-order valence-corrected chi connectivity index (χ1v) is 19.5. The summed E-state index contributed by atoms with van der Waals surface area (Å²) in [5, 5.41) is 7.16. The van der Waals surface area contributed by atoms with Crippen molar-refractivity contribution >= 4 is 40.0 Å². The molecule has 1 unspecified atom stereocenters.